The standard InChI is InChI=1S/C22H14O6/c23-17-7-3-11-9-13(21(25)26)1-5-15(11)19(17)20-16-6-2-14(22(27)28)10-12(16)4-8-18(20)24/h1-10,23-24H,(H,25,26)(H,27,28). The first-order valence-corrected chi connectivity index (χ1v) is 8.35. The quantitative estimate of drug-likeness (QED) is 0.421. The van der Waals surface area contributed by atoms with E-state index in [1.165, 1.54) is 36.4 Å². The molecule has 0 bridgehead atoms. The van der Waals surface area contributed by atoms with E-state index in [9.17, 15) is 30.0 Å². The molecule has 28 heavy (non-hydrogen) atoms. The van der Waals surface area contributed by atoms with Gasteiger partial charge in [0.05, 0.1) is 11.1 Å². The lowest BCUT2D eigenvalue weighted by molar-refractivity contribution is 0.0686. The van der Waals surface area contributed by atoms with Crippen LogP contribution in [0.15, 0.2) is 60.7 Å². The van der Waals surface area contributed by atoms with Gasteiger partial charge in [-0.25, -0.2) is 9.59 Å². The number of aromatic carboxylic acids is 2. The fourth-order valence-corrected chi connectivity index (χ4v) is 3.43. The largest absolute Gasteiger partial charge is 0.507 e. The number of rotatable bonds is 3. The average molecular weight is 374 g/mol. The van der Waals surface area contributed by atoms with E-state index in [1.807, 2.05) is 0 Å². The van der Waals surface area contributed by atoms with Gasteiger partial charge in [0.2, 0.25) is 0 Å². The molecule has 4 rings (SSSR count). The van der Waals surface area contributed by atoms with Crippen molar-refractivity contribution < 1.29 is 30.0 Å². The zero-order chi connectivity index (χ0) is 20.0. The van der Waals surface area contributed by atoms with Crippen molar-refractivity contribution in [1.29, 1.82) is 0 Å². The molecule has 4 N–H and O–H groups in total. The zero-order valence-electron chi connectivity index (χ0n) is 14.4. The van der Waals surface area contributed by atoms with Crippen molar-refractivity contribution in [2.24, 2.45) is 0 Å². The van der Waals surface area contributed by atoms with Crippen molar-refractivity contribution in [3.8, 4) is 22.6 Å². The maximum atomic E-state index is 11.2. The molecule has 0 heterocycles. The first-order valence-electron chi connectivity index (χ1n) is 8.35. The third kappa shape index (κ3) is 2.68. The SMILES string of the molecule is O=C(O)c1ccc2c(-c3c(O)ccc4cc(C(=O)O)ccc34)c(O)ccc2c1. The molecule has 0 aromatic heterocycles. The van der Waals surface area contributed by atoms with Crippen molar-refractivity contribution in [2.75, 3.05) is 0 Å². The Kier molecular flexibility index (Phi) is 3.89. The Morgan fingerprint density at radius 1 is 0.571 bits per heavy atom. The molecule has 0 fully saturated rings. The Morgan fingerprint density at radius 2 is 0.964 bits per heavy atom. The maximum absolute atomic E-state index is 11.2. The summed E-state index contributed by atoms with van der Waals surface area (Å²) in [6.45, 7) is 0. The molecule has 0 atom stereocenters. The van der Waals surface area contributed by atoms with Gasteiger partial charge >= 0.3 is 11.9 Å². The van der Waals surface area contributed by atoms with Crippen molar-refractivity contribution >= 4 is 33.5 Å². The molecule has 4 aromatic carbocycles. The molecular weight excluding hydrogens is 360 g/mol. The molecule has 6 nitrogen and oxygen atoms in total. The van der Waals surface area contributed by atoms with Crippen LogP contribution in [0.1, 0.15) is 20.7 Å². The van der Waals surface area contributed by atoms with Crippen LogP contribution < -0.4 is 0 Å². The lowest BCUT2D eigenvalue weighted by Gasteiger charge is -2.14. The number of carboxylic acid groups (broad SMARTS) is 2. The van der Waals surface area contributed by atoms with Crippen LogP contribution in [-0.4, -0.2) is 32.4 Å². The van der Waals surface area contributed by atoms with Crippen LogP contribution in [0.2, 0.25) is 0 Å². The van der Waals surface area contributed by atoms with E-state index < -0.39 is 11.9 Å². The number of carbonyl (C=O) groups is 2. The summed E-state index contributed by atoms with van der Waals surface area (Å²) in [6.07, 6.45) is 0. The van der Waals surface area contributed by atoms with Crippen LogP contribution in [-0.2, 0) is 0 Å². The minimum absolute atomic E-state index is 0.0827. The van der Waals surface area contributed by atoms with E-state index in [4.69, 9.17) is 0 Å². The number of carboxylic acids is 2. The first-order chi connectivity index (χ1) is 13.4. The summed E-state index contributed by atoms with van der Waals surface area (Å²) in [5.74, 6) is -2.29. The lowest BCUT2D eigenvalue weighted by atomic mass is 9.91. The summed E-state index contributed by atoms with van der Waals surface area (Å²) in [6, 6.07) is 15.1. The second kappa shape index (κ2) is 6.28. The van der Waals surface area contributed by atoms with Gasteiger partial charge in [0, 0.05) is 11.1 Å². The Balaban J connectivity index is 2.08. The number of aromatic hydroxyl groups is 2. The highest BCUT2D eigenvalue weighted by atomic mass is 16.4. The highest BCUT2D eigenvalue weighted by molar-refractivity contribution is 6.11. The normalized spacial score (nSPS) is 11.0. The topological polar surface area (TPSA) is 115 Å². The molecular formula is C22H14O6. The van der Waals surface area contributed by atoms with Gasteiger partial charge in [0.15, 0.2) is 0 Å². The highest BCUT2D eigenvalue weighted by Crippen LogP contribution is 2.44. The monoisotopic (exact) mass is 374 g/mol. The fraction of sp³-hybridized carbons (Fsp3) is 0. The Hall–Kier alpha value is -4.06. The minimum Gasteiger partial charge on any atom is -0.507 e. The molecule has 0 saturated heterocycles. The number of fused-ring (bicyclic) bond motifs is 2. The maximum Gasteiger partial charge on any atom is 0.335 e. The molecule has 0 amide bonds. The Bertz CT molecular complexity index is 1190. The number of hydrogen-bond donors (Lipinski definition) is 4. The summed E-state index contributed by atoms with van der Waals surface area (Å²) < 4.78 is 0. The molecule has 0 unspecified atom stereocenters. The number of phenols is 2. The molecule has 6 heteroatoms. The van der Waals surface area contributed by atoms with Crippen molar-refractivity contribution in [3.63, 3.8) is 0 Å². The fourth-order valence-electron chi connectivity index (χ4n) is 3.43. The minimum atomic E-state index is -1.06. The summed E-state index contributed by atoms with van der Waals surface area (Å²) >= 11 is 0. The van der Waals surface area contributed by atoms with Crippen LogP contribution in [0.25, 0.3) is 32.7 Å². The summed E-state index contributed by atoms with van der Waals surface area (Å²) in [5, 5.41) is 41.8. The highest BCUT2D eigenvalue weighted by Gasteiger charge is 2.18. The molecule has 0 aliphatic rings. The van der Waals surface area contributed by atoms with E-state index in [-0.39, 0.29) is 22.6 Å². The molecule has 0 spiro atoms. The van der Waals surface area contributed by atoms with Gasteiger partial charge in [-0.2, -0.15) is 0 Å². The van der Waals surface area contributed by atoms with Crippen LogP contribution in [0.4, 0.5) is 0 Å². The number of phenolic OH excluding ortho intramolecular Hbond substituents is 2. The van der Waals surface area contributed by atoms with E-state index in [0.29, 0.717) is 32.7 Å². The average Bonchev–Trinajstić information content (AvgIpc) is 2.68. The molecule has 0 aliphatic heterocycles. The van der Waals surface area contributed by atoms with Gasteiger partial charge < -0.3 is 20.4 Å². The lowest BCUT2D eigenvalue weighted by Crippen LogP contribution is -1.97. The number of hydrogen-bond acceptors (Lipinski definition) is 4. The molecule has 0 radical (unpaired) electrons. The van der Waals surface area contributed by atoms with Crippen LogP contribution >= 0.6 is 0 Å². The summed E-state index contributed by atoms with van der Waals surface area (Å²) in [7, 11) is 0. The molecule has 138 valence electrons. The van der Waals surface area contributed by atoms with Crippen LogP contribution in [0.5, 0.6) is 11.5 Å². The van der Waals surface area contributed by atoms with Crippen molar-refractivity contribution in [1.82, 2.24) is 0 Å². The summed E-state index contributed by atoms with van der Waals surface area (Å²) in [4.78, 5) is 22.5. The van der Waals surface area contributed by atoms with Gasteiger partial charge in [-0.1, -0.05) is 24.3 Å². The molecule has 0 saturated carbocycles. The first kappa shape index (κ1) is 17.4. The molecule has 0 aliphatic carbocycles. The van der Waals surface area contributed by atoms with E-state index in [0.717, 1.165) is 0 Å². The van der Waals surface area contributed by atoms with Gasteiger partial charge in [0.25, 0.3) is 0 Å². The van der Waals surface area contributed by atoms with Gasteiger partial charge in [-0.15, -0.1) is 0 Å². The third-order valence-electron chi connectivity index (χ3n) is 4.74. The van der Waals surface area contributed by atoms with Gasteiger partial charge in [-0.3, -0.25) is 0 Å². The van der Waals surface area contributed by atoms with Crippen LogP contribution in [0.3, 0.4) is 0 Å². The van der Waals surface area contributed by atoms with E-state index >= 15 is 0 Å². The van der Waals surface area contributed by atoms with Crippen LogP contribution in [0, 0.1) is 0 Å². The van der Waals surface area contributed by atoms with Gasteiger partial charge in [-0.05, 0) is 57.9 Å². The predicted octanol–water partition coefficient (Wildman–Crippen LogP) is 4.47. The smallest absolute Gasteiger partial charge is 0.335 e. The van der Waals surface area contributed by atoms with E-state index in [2.05, 4.69) is 0 Å². The van der Waals surface area contributed by atoms with Crippen molar-refractivity contribution in [3.05, 3.63) is 71.8 Å². The second-order valence-corrected chi connectivity index (χ2v) is 6.40. The zero-order valence-corrected chi connectivity index (χ0v) is 14.4. The number of benzene rings is 4. The van der Waals surface area contributed by atoms with Gasteiger partial charge in [0.1, 0.15) is 11.5 Å². The van der Waals surface area contributed by atoms with E-state index in [1.54, 1.807) is 24.3 Å². The van der Waals surface area contributed by atoms with Crippen molar-refractivity contribution in [2.45, 2.75) is 0 Å². The Morgan fingerprint density at radius 3 is 1.32 bits per heavy atom. The molecule has 4 aromatic rings. The summed E-state index contributed by atoms with van der Waals surface area (Å²) in [5.41, 5.74) is 0.913. The Labute approximate surface area is 158 Å². The predicted molar refractivity (Wildman–Crippen MR) is 104 cm³/mol. The third-order valence-corrected chi connectivity index (χ3v) is 4.74. The second-order valence-electron chi connectivity index (χ2n) is 6.40.